The van der Waals surface area contributed by atoms with Gasteiger partial charge in [0.15, 0.2) is 9.84 Å². The van der Waals surface area contributed by atoms with Gasteiger partial charge in [0.25, 0.3) is 5.91 Å². The van der Waals surface area contributed by atoms with Crippen molar-refractivity contribution in [3.05, 3.63) is 113 Å². The van der Waals surface area contributed by atoms with Gasteiger partial charge in [0.2, 0.25) is 0 Å². The van der Waals surface area contributed by atoms with Gasteiger partial charge in [0.1, 0.15) is 16.4 Å². The summed E-state index contributed by atoms with van der Waals surface area (Å²) in [6.07, 6.45) is 1.41. The van der Waals surface area contributed by atoms with Crippen molar-refractivity contribution in [2.24, 2.45) is 0 Å². The third-order valence-corrected chi connectivity index (χ3v) is 8.26. The molecular weight excluding hydrogens is 522 g/mol. The van der Waals surface area contributed by atoms with Crippen molar-refractivity contribution in [2.45, 2.75) is 37.3 Å². The Balaban J connectivity index is 1.44. The SMILES string of the molecule is CCOc1ccc(-c2cccc(C)c2)cc1S(=O)(=O)Cc1cccc(CCCNC(=O)c2ccccc2OC)c1. The lowest BCUT2D eigenvalue weighted by Crippen LogP contribution is -2.25. The predicted molar refractivity (Wildman–Crippen MR) is 159 cm³/mol. The standard InChI is InChI=1S/C33H35NO5S/c1-4-39-31-18-17-28(27-14-7-10-24(2)20-27)22-32(31)40(36,37)23-26-12-8-11-25(21-26)13-9-19-34-33(35)29-15-5-6-16-30(29)38-3/h5-8,10-12,14-18,20-22H,4,9,13,19,23H2,1-3H3,(H,34,35). The Hall–Kier alpha value is -4.10. The summed E-state index contributed by atoms with van der Waals surface area (Å²) < 4.78 is 38.3. The van der Waals surface area contributed by atoms with E-state index in [9.17, 15) is 13.2 Å². The zero-order valence-electron chi connectivity index (χ0n) is 23.1. The van der Waals surface area contributed by atoms with E-state index in [-0.39, 0.29) is 16.6 Å². The third kappa shape index (κ3) is 7.30. The number of rotatable bonds is 12. The van der Waals surface area contributed by atoms with Crippen LogP contribution in [0.3, 0.4) is 0 Å². The van der Waals surface area contributed by atoms with Crippen LogP contribution in [0.4, 0.5) is 0 Å². The molecule has 0 atom stereocenters. The molecule has 1 N–H and O–H groups in total. The molecule has 0 aliphatic heterocycles. The minimum Gasteiger partial charge on any atom is -0.496 e. The third-order valence-electron chi connectivity index (χ3n) is 6.56. The van der Waals surface area contributed by atoms with Crippen LogP contribution in [0.25, 0.3) is 11.1 Å². The van der Waals surface area contributed by atoms with Crippen molar-refractivity contribution in [1.29, 1.82) is 0 Å². The van der Waals surface area contributed by atoms with Gasteiger partial charge in [-0.05, 0) is 73.2 Å². The second-order valence-electron chi connectivity index (χ2n) is 9.60. The summed E-state index contributed by atoms with van der Waals surface area (Å²) in [7, 11) is -2.15. The topological polar surface area (TPSA) is 81.7 Å². The number of ether oxygens (including phenoxy) is 2. The van der Waals surface area contributed by atoms with E-state index >= 15 is 0 Å². The molecule has 4 rings (SSSR count). The molecule has 0 unspecified atom stereocenters. The largest absolute Gasteiger partial charge is 0.496 e. The summed E-state index contributed by atoms with van der Waals surface area (Å²) in [5, 5.41) is 2.93. The normalized spacial score (nSPS) is 11.2. The zero-order chi connectivity index (χ0) is 28.5. The number of nitrogens with one attached hydrogen (secondary N) is 1. The molecule has 0 spiro atoms. The highest BCUT2D eigenvalue weighted by Gasteiger charge is 2.22. The van der Waals surface area contributed by atoms with Gasteiger partial charge in [-0.3, -0.25) is 4.79 Å². The highest BCUT2D eigenvalue weighted by atomic mass is 32.2. The summed E-state index contributed by atoms with van der Waals surface area (Å²) in [6.45, 7) is 4.71. The van der Waals surface area contributed by atoms with Crippen LogP contribution in [0.15, 0.2) is 95.9 Å². The van der Waals surface area contributed by atoms with Crippen molar-refractivity contribution in [2.75, 3.05) is 20.3 Å². The van der Waals surface area contributed by atoms with Crippen molar-refractivity contribution < 1.29 is 22.7 Å². The molecule has 6 nitrogen and oxygen atoms in total. The van der Waals surface area contributed by atoms with Crippen molar-refractivity contribution >= 4 is 15.7 Å². The number of amides is 1. The van der Waals surface area contributed by atoms with Gasteiger partial charge in [-0.2, -0.15) is 0 Å². The molecule has 0 saturated carbocycles. The molecule has 1 amide bonds. The first-order valence-electron chi connectivity index (χ1n) is 13.4. The maximum atomic E-state index is 13.6. The number of hydrogen-bond acceptors (Lipinski definition) is 5. The Morgan fingerprint density at radius 2 is 1.57 bits per heavy atom. The Labute approximate surface area is 236 Å². The van der Waals surface area contributed by atoms with E-state index in [1.807, 2.05) is 74.5 Å². The molecule has 7 heteroatoms. The molecular formula is C33H35NO5S. The molecule has 0 saturated heterocycles. The summed E-state index contributed by atoms with van der Waals surface area (Å²) in [5.41, 5.74) is 5.10. The average molecular weight is 558 g/mol. The van der Waals surface area contributed by atoms with E-state index in [1.54, 1.807) is 30.3 Å². The molecule has 40 heavy (non-hydrogen) atoms. The van der Waals surface area contributed by atoms with Crippen molar-refractivity contribution in [3.8, 4) is 22.6 Å². The van der Waals surface area contributed by atoms with E-state index in [1.165, 1.54) is 7.11 Å². The van der Waals surface area contributed by atoms with E-state index in [0.29, 0.717) is 48.6 Å². The van der Waals surface area contributed by atoms with Gasteiger partial charge in [-0.1, -0.05) is 72.3 Å². The van der Waals surface area contributed by atoms with Crippen LogP contribution in [-0.4, -0.2) is 34.6 Å². The zero-order valence-corrected chi connectivity index (χ0v) is 24.0. The lowest BCUT2D eigenvalue weighted by Gasteiger charge is -2.14. The summed E-state index contributed by atoms with van der Waals surface area (Å²) in [4.78, 5) is 12.7. The number of aryl methyl sites for hydroxylation is 2. The predicted octanol–water partition coefficient (Wildman–Crippen LogP) is 6.41. The van der Waals surface area contributed by atoms with Gasteiger partial charge in [-0.25, -0.2) is 8.42 Å². The monoisotopic (exact) mass is 557 g/mol. The summed E-state index contributed by atoms with van der Waals surface area (Å²) in [6, 6.07) is 28.0. The Bertz CT molecular complexity index is 1580. The molecule has 4 aromatic rings. The lowest BCUT2D eigenvalue weighted by atomic mass is 10.0. The number of para-hydroxylation sites is 1. The van der Waals surface area contributed by atoms with E-state index in [2.05, 4.69) is 5.32 Å². The van der Waals surface area contributed by atoms with Gasteiger partial charge in [-0.15, -0.1) is 0 Å². The Morgan fingerprint density at radius 3 is 2.35 bits per heavy atom. The fourth-order valence-electron chi connectivity index (χ4n) is 4.62. The average Bonchev–Trinajstić information content (AvgIpc) is 2.95. The first kappa shape index (κ1) is 28.9. The molecule has 208 valence electrons. The maximum absolute atomic E-state index is 13.6. The highest BCUT2D eigenvalue weighted by Crippen LogP contribution is 2.32. The van der Waals surface area contributed by atoms with E-state index in [4.69, 9.17) is 9.47 Å². The summed E-state index contributed by atoms with van der Waals surface area (Å²) in [5.74, 6) is 0.574. The molecule has 0 radical (unpaired) electrons. The van der Waals surface area contributed by atoms with Gasteiger partial charge < -0.3 is 14.8 Å². The first-order chi connectivity index (χ1) is 19.3. The van der Waals surface area contributed by atoms with Crippen LogP contribution in [-0.2, 0) is 22.0 Å². The van der Waals surface area contributed by atoms with Crippen molar-refractivity contribution in [3.63, 3.8) is 0 Å². The van der Waals surface area contributed by atoms with Gasteiger partial charge in [0, 0.05) is 6.54 Å². The molecule has 0 aliphatic rings. The molecule has 0 heterocycles. The minimum atomic E-state index is -3.69. The lowest BCUT2D eigenvalue weighted by molar-refractivity contribution is 0.0950. The van der Waals surface area contributed by atoms with Crippen LogP contribution < -0.4 is 14.8 Å². The quantitative estimate of drug-likeness (QED) is 0.204. The molecule has 4 aromatic carbocycles. The maximum Gasteiger partial charge on any atom is 0.255 e. The van der Waals surface area contributed by atoms with Crippen LogP contribution in [0, 0.1) is 6.92 Å². The Kier molecular flexibility index (Phi) is 9.61. The second-order valence-corrected chi connectivity index (χ2v) is 11.6. The van der Waals surface area contributed by atoms with Crippen LogP contribution in [0.5, 0.6) is 11.5 Å². The van der Waals surface area contributed by atoms with Crippen LogP contribution in [0.2, 0.25) is 0 Å². The number of carbonyl (C=O) groups is 1. The Morgan fingerprint density at radius 1 is 0.825 bits per heavy atom. The van der Waals surface area contributed by atoms with Crippen molar-refractivity contribution in [1.82, 2.24) is 5.32 Å². The fraction of sp³-hybridized carbons (Fsp3) is 0.242. The first-order valence-corrected chi connectivity index (χ1v) is 15.0. The number of carbonyl (C=O) groups excluding carboxylic acids is 1. The fourth-order valence-corrected chi connectivity index (χ4v) is 6.14. The molecule has 0 fully saturated rings. The number of benzene rings is 4. The van der Waals surface area contributed by atoms with Crippen LogP contribution in [0.1, 0.15) is 40.4 Å². The number of hydrogen-bond donors (Lipinski definition) is 1. The number of sulfone groups is 1. The molecule has 0 aliphatic carbocycles. The van der Waals surface area contributed by atoms with Crippen LogP contribution >= 0.6 is 0 Å². The minimum absolute atomic E-state index is 0.136. The van der Waals surface area contributed by atoms with Gasteiger partial charge >= 0.3 is 0 Å². The van der Waals surface area contributed by atoms with Gasteiger partial charge in [0.05, 0.1) is 25.0 Å². The summed E-state index contributed by atoms with van der Waals surface area (Å²) >= 11 is 0. The highest BCUT2D eigenvalue weighted by molar-refractivity contribution is 7.90. The second kappa shape index (κ2) is 13.3. The molecule has 0 bridgehead atoms. The number of methoxy groups -OCH3 is 1. The van der Waals surface area contributed by atoms with E-state index in [0.717, 1.165) is 22.3 Å². The molecule has 0 aromatic heterocycles. The van der Waals surface area contributed by atoms with E-state index < -0.39 is 9.84 Å². The smallest absolute Gasteiger partial charge is 0.255 e.